The summed E-state index contributed by atoms with van der Waals surface area (Å²) in [4.78, 5) is 0. The Labute approximate surface area is 87.5 Å². The van der Waals surface area contributed by atoms with Crippen LogP contribution < -0.4 is 10.6 Å². The van der Waals surface area contributed by atoms with Gasteiger partial charge in [0, 0.05) is 19.6 Å². The van der Waals surface area contributed by atoms with Crippen LogP contribution >= 0.6 is 24.8 Å². The van der Waals surface area contributed by atoms with E-state index in [1.54, 1.807) is 0 Å². The van der Waals surface area contributed by atoms with E-state index in [1.165, 1.54) is 0 Å². The minimum absolute atomic E-state index is 0. The number of rotatable bonds is 2. The molecule has 0 aromatic heterocycles. The highest BCUT2D eigenvalue weighted by Gasteiger charge is 2.30. The Bertz CT molecular complexity index is 122. The molecule has 1 aliphatic rings. The fourth-order valence-electron chi connectivity index (χ4n) is 1.08. The monoisotopic (exact) mass is 240 g/mol. The van der Waals surface area contributed by atoms with Gasteiger partial charge in [-0.25, -0.2) is 13.2 Å². The van der Waals surface area contributed by atoms with Crippen molar-refractivity contribution in [3.63, 3.8) is 0 Å². The summed E-state index contributed by atoms with van der Waals surface area (Å²) in [5, 5.41) is 5.52. The van der Waals surface area contributed by atoms with Crippen LogP contribution in [0.2, 0.25) is 0 Å². The first-order valence-corrected chi connectivity index (χ1v) is 3.58. The fraction of sp³-hybridized carbons (Fsp3) is 1.00. The predicted octanol–water partition coefficient (Wildman–Crippen LogP) is 0.995. The van der Waals surface area contributed by atoms with E-state index in [0.29, 0.717) is 13.1 Å². The van der Waals surface area contributed by atoms with Crippen molar-refractivity contribution in [1.29, 1.82) is 0 Å². The first kappa shape index (κ1) is 15.7. The Kier molecular flexibility index (Phi) is 9.29. The third-order valence-corrected chi connectivity index (χ3v) is 1.70. The van der Waals surface area contributed by atoms with Gasteiger partial charge >= 0.3 is 0 Å². The Morgan fingerprint density at radius 1 is 1.08 bits per heavy atom. The number of hydrogen-bond acceptors (Lipinski definition) is 2. The van der Waals surface area contributed by atoms with E-state index in [1.807, 2.05) is 0 Å². The minimum atomic E-state index is -2.88. The number of piperazine rings is 1. The second kappa shape index (κ2) is 7.67. The molecular weight excluding hydrogens is 228 g/mol. The largest absolute Gasteiger partial charge is 0.314 e. The lowest BCUT2D eigenvalue weighted by molar-refractivity contribution is 0.0253. The van der Waals surface area contributed by atoms with Gasteiger partial charge in [0.15, 0.2) is 6.17 Å². The van der Waals surface area contributed by atoms with Gasteiger partial charge in [-0.1, -0.05) is 0 Å². The Balaban J connectivity index is 0. The van der Waals surface area contributed by atoms with Crippen LogP contribution in [0.5, 0.6) is 0 Å². The molecule has 1 aliphatic heterocycles. The summed E-state index contributed by atoms with van der Waals surface area (Å²) in [6.45, 7) is 1.55. The zero-order valence-electron chi connectivity index (χ0n) is 6.80. The molecular formula is C6H13Cl2F3N2. The first-order chi connectivity index (χ1) is 5.22. The SMILES string of the molecule is Cl.Cl.FC(F)C(F)C1CNCCN1. The van der Waals surface area contributed by atoms with Crippen molar-refractivity contribution in [1.82, 2.24) is 10.6 Å². The van der Waals surface area contributed by atoms with Gasteiger partial charge in [0.25, 0.3) is 6.43 Å². The molecule has 13 heavy (non-hydrogen) atoms. The Morgan fingerprint density at radius 2 is 1.69 bits per heavy atom. The summed E-state index contributed by atoms with van der Waals surface area (Å²) < 4.78 is 36.1. The van der Waals surface area contributed by atoms with E-state index >= 15 is 0 Å². The van der Waals surface area contributed by atoms with Gasteiger partial charge in [-0.05, 0) is 0 Å². The standard InChI is InChI=1S/C6H11F3N2.2ClH/c7-5(6(8)9)4-3-10-1-2-11-4;;/h4-6,10-11H,1-3H2;2*1H. The predicted molar refractivity (Wildman–Crippen MR) is 50.1 cm³/mol. The smallest absolute Gasteiger partial charge is 0.270 e. The van der Waals surface area contributed by atoms with Crippen molar-refractivity contribution < 1.29 is 13.2 Å². The Hall–Kier alpha value is 0.290. The molecule has 0 amide bonds. The van der Waals surface area contributed by atoms with Gasteiger partial charge in [-0.3, -0.25) is 0 Å². The van der Waals surface area contributed by atoms with Crippen LogP contribution in [0.3, 0.4) is 0 Å². The van der Waals surface area contributed by atoms with E-state index in [4.69, 9.17) is 0 Å². The van der Waals surface area contributed by atoms with E-state index in [9.17, 15) is 13.2 Å². The van der Waals surface area contributed by atoms with E-state index in [0.717, 1.165) is 0 Å². The van der Waals surface area contributed by atoms with E-state index < -0.39 is 18.6 Å². The lowest BCUT2D eigenvalue weighted by Gasteiger charge is -2.26. The van der Waals surface area contributed by atoms with Gasteiger partial charge in [0.1, 0.15) is 0 Å². The van der Waals surface area contributed by atoms with Crippen molar-refractivity contribution in [2.24, 2.45) is 0 Å². The summed E-state index contributed by atoms with van der Waals surface area (Å²) >= 11 is 0. The summed E-state index contributed by atoms with van der Waals surface area (Å²) in [6.07, 6.45) is -4.94. The lowest BCUT2D eigenvalue weighted by atomic mass is 10.1. The molecule has 1 rings (SSSR count). The average molecular weight is 241 g/mol. The van der Waals surface area contributed by atoms with Crippen molar-refractivity contribution in [3.05, 3.63) is 0 Å². The van der Waals surface area contributed by atoms with Gasteiger partial charge in [0.2, 0.25) is 0 Å². The molecule has 2 N–H and O–H groups in total. The normalized spacial score (nSPS) is 24.5. The second-order valence-corrected chi connectivity index (χ2v) is 2.54. The molecule has 2 nitrogen and oxygen atoms in total. The van der Waals surface area contributed by atoms with Crippen molar-refractivity contribution >= 4 is 24.8 Å². The van der Waals surface area contributed by atoms with Crippen LogP contribution in [0.4, 0.5) is 13.2 Å². The van der Waals surface area contributed by atoms with Gasteiger partial charge in [-0.2, -0.15) is 0 Å². The molecule has 1 heterocycles. The van der Waals surface area contributed by atoms with Crippen LogP contribution in [-0.2, 0) is 0 Å². The number of halogens is 5. The number of nitrogens with one attached hydrogen (secondary N) is 2. The lowest BCUT2D eigenvalue weighted by Crippen LogP contribution is -2.54. The van der Waals surface area contributed by atoms with Crippen molar-refractivity contribution in [3.8, 4) is 0 Å². The van der Waals surface area contributed by atoms with E-state index in [2.05, 4.69) is 10.6 Å². The van der Waals surface area contributed by atoms with Crippen LogP contribution in [0.1, 0.15) is 0 Å². The molecule has 0 bridgehead atoms. The molecule has 7 heteroatoms. The first-order valence-electron chi connectivity index (χ1n) is 3.58. The molecule has 0 aromatic rings. The molecule has 0 aliphatic carbocycles. The van der Waals surface area contributed by atoms with Gasteiger partial charge < -0.3 is 10.6 Å². The average Bonchev–Trinajstić information content (AvgIpc) is 2.05. The molecule has 1 saturated heterocycles. The van der Waals surface area contributed by atoms with Crippen LogP contribution in [-0.4, -0.2) is 38.3 Å². The molecule has 0 aromatic carbocycles. The molecule has 82 valence electrons. The third-order valence-electron chi connectivity index (χ3n) is 1.70. The zero-order chi connectivity index (χ0) is 8.27. The van der Waals surface area contributed by atoms with Crippen LogP contribution in [0, 0.1) is 0 Å². The molecule has 2 unspecified atom stereocenters. The molecule has 0 radical (unpaired) electrons. The summed E-state index contributed by atoms with van der Waals surface area (Å²) in [5.41, 5.74) is 0. The highest BCUT2D eigenvalue weighted by Crippen LogP contribution is 2.10. The Morgan fingerprint density at radius 3 is 2.08 bits per heavy atom. The second-order valence-electron chi connectivity index (χ2n) is 2.54. The van der Waals surface area contributed by atoms with E-state index in [-0.39, 0.29) is 31.4 Å². The van der Waals surface area contributed by atoms with Gasteiger partial charge in [-0.15, -0.1) is 24.8 Å². The third kappa shape index (κ3) is 4.90. The van der Waals surface area contributed by atoms with Crippen molar-refractivity contribution in [2.45, 2.75) is 18.6 Å². The molecule has 0 saturated carbocycles. The molecule has 0 spiro atoms. The van der Waals surface area contributed by atoms with Crippen molar-refractivity contribution in [2.75, 3.05) is 19.6 Å². The summed E-state index contributed by atoms with van der Waals surface area (Å²) in [5.74, 6) is 0. The maximum atomic E-state index is 12.6. The minimum Gasteiger partial charge on any atom is -0.314 e. The highest BCUT2D eigenvalue weighted by atomic mass is 35.5. The summed E-state index contributed by atoms with van der Waals surface area (Å²) in [7, 11) is 0. The number of alkyl halides is 3. The summed E-state index contributed by atoms with van der Waals surface area (Å²) in [6, 6.07) is -0.733. The quantitative estimate of drug-likeness (QED) is 0.753. The van der Waals surface area contributed by atoms with Crippen LogP contribution in [0.25, 0.3) is 0 Å². The molecule has 2 atom stereocenters. The van der Waals surface area contributed by atoms with Gasteiger partial charge in [0.05, 0.1) is 6.04 Å². The maximum Gasteiger partial charge on any atom is 0.270 e. The maximum absolute atomic E-state index is 12.6. The van der Waals surface area contributed by atoms with Crippen LogP contribution in [0.15, 0.2) is 0 Å². The molecule has 1 fully saturated rings. The zero-order valence-corrected chi connectivity index (χ0v) is 8.44. The highest BCUT2D eigenvalue weighted by molar-refractivity contribution is 5.85. The fourth-order valence-corrected chi connectivity index (χ4v) is 1.08. The topological polar surface area (TPSA) is 24.1 Å². The number of hydrogen-bond donors (Lipinski definition) is 2.